The van der Waals surface area contributed by atoms with Crippen LogP contribution in [-0.4, -0.2) is 17.0 Å². The van der Waals surface area contributed by atoms with Crippen LogP contribution < -0.4 is 10.6 Å². The summed E-state index contributed by atoms with van der Waals surface area (Å²) < 4.78 is 42.6. The molecule has 102 valence electrons. The fraction of sp³-hybridized carbons (Fsp3) is 0.273. The first-order valence-electron chi connectivity index (χ1n) is 5.30. The monoisotopic (exact) mass is 272 g/mol. The first-order valence-corrected chi connectivity index (χ1v) is 5.30. The standard InChI is InChI=1S/C11H11F3N4O/c1-18(5-7-2-3-19-6-7)9-4-8(15)16-10(17-9)11(12,13)14/h2-4,6H,5H2,1H3,(H2,15,16,17). The minimum Gasteiger partial charge on any atom is -0.472 e. The minimum atomic E-state index is -4.62. The van der Waals surface area contributed by atoms with Gasteiger partial charge in [-0.05, 0) is 6.07 Å². The Morgan fingerprint density at radius 1 is 1.37 bits per heavy atom. The predicted molar refractivity (Wildman–Crippen MR) is 62.3 cm³/mol. The van der Waals surface area contributed by atoms with Gasteiger partial charge in [-0.15, -0.1) is 0 Å². The van der Waals surface area contributed by atoms with Gasteiger partial charge in [0.05, 0.1) is 12.5 Å². The van der Waals surface area contributed by atoms with E-state index < -0.39 is 12.0 Å². The van der Waals surface area contributed by atoms with Gasteiger partial charge in [-0.25, -0.2) is 9.97 Å². The van der Waals surface area contributed by atoms with Gasteiger partial charge >= 0.3 is 6.18 Å². The summed E-state index contributed by atoms with van der Waals surface area (Å²) in [6.07, 6.45) is -1.63. The molecular formula is C11H11F3N4O. The van der Waals surface area contributed by atoms with E-state index in [-0.39, 0.29) is 11.6 Å². The number of halogens is 3. The van der Waals surface area contributed by atoms with E-state index >= 15 is 0 Å². The SMILES string of the molecule is CN(Cc1ccoc1)c1cc(N)nc(C(F)(F)F)n1. The van der Waals surface area contributed by atoms with Crippen LogP contribution in [0, 0.1) is 0 Å². The highest BCUT2D eigenvalue weighted by molar-refractivity contribution is 5.47. The smallest absolute Gasteiger partial charge is 0.451 e. The van der Waals surface area contributed by atoms with Gasteiger partial charge in [0, 0.05) is 25.2 Å². The van der Waals surface area contributed by atoms with E-state index in [1.54, 1.807) is 13.1 Å². The van der Waals surface area contributed by atoms with Gasteiger partial charge < -0.3 is 15.1 Å². The summed E-state index contributed by atoms with van der Waals surface area (Å²) in [5, 5.41) is 0. The lowest BCUT2D eigenvalue weighted by molar-refractivity contribution is -0.144. The number of furan rings is 1. The highest BCUT2D eigenvalue weighted by Crippen LogP contribution is 2.28. The molecule has 2 N–H and O–H groups in total. The quantitative estimate of drug-likeness (QED) is 0.928. The maximum Gasteiger partial charge on any atom is 0.451 e. The van der Waals surface area contributed by atoms with Gasteiger partial charge in [-0.3, -0.25) is 0 Å². The minimum absolute atomic E-state index is 0.0982. The third kappa shape index (κ3) is 3.15. The fourth-order valence-corrected chi connectivity index (χ4v) is 1.51. The summed E-state index contributed by atoms with van der Waals surface area (Å²) in [5.74, 6) is -1.38. The van der Waals surface area contributed by atoms with Crippen molar-refractivity contribution < 1.29 is 17.6 Å². The Balaban J connectivity index is 2.26. The zero-order chi connectivity index (χ0) is 14.0. The molecule has 0 aliphatic rings. The molecule has 5 nitrogen and oxygen atoms in total. The van der Waals surface area contributed by atoms with Crippen LogP contribution in [0.1, 0.15) is 11.4 Å². The van der Waals surface area contributed by atoms with Gasteiger partial charge in [-0.2, -0.15) is 13.2 Å². The van der Waals surface area contributed by atoms with Crippen molar-refractivity contribution in [1.82, 2.24) is 9.97 Å². The van der Waals surface area contributed by atoms with Gasteiger partial charge in [0.25, 0.3) is 0 Å². The second kappa shape index (κ2) is 4.79. The van der Waals surface area contributed by atoms with Crippen molar-refractivity contribution in [3.8, 4) is 0 Å². The fourth-order valence-electron chi connectivity index (χ4n) is 1.51. The average Bonchev–Trinajstić information content (AvgIpc) is 2.79. The van der Waals surface area contributed by atoms with Crippen molar-refractivity contribution in [2.24, 2.45) is 0 Å². The number of nitrogens with two attached hydrogens (primary N) is 1. The van der Waals surface area contributed by atoms with Crippen LogP contribution in [0.2, 0.25) is 0 Å². The van der Waals surface area contributed by atoms with Gasteiger partial charge in [0.15, 0.2) is 0 Å². The molecule has 2 rings (SSSR count). The molecule has 0 amide bonds. The molecular weight excluding hydrogens is 261 g/mol. The van der Waals surface area contributed by atoms with Crippen LogP contribution in [-0.2, 0) is 12.7 Å². The number of hydrogen-bond donors (Lipinski definition) is 1. The first kappa shape index (κ1) is 13.2. The normalized spacial score (nSPS) is 11.6. The number of hydrogen-bond acceptors (Lipinski definition) is 5. The van der Waals surface area contributed by atoms with E-state index in [1.807, 2.05) is 0 Å². The van der Waals surface area contributed by atoms with E-state index in [4.69, 9.17) is 10.2 Å². The van der Waals surface area contributed by atoms with Crippen LogP contribution in [0.3, 0.4) is 0 Å². The zero-order valence-electron chi connectivity index (χ0n) is 9.98. The largest absolute Gasteiger partial charge is 0.472 e. The van der Waals surface area contributed by atoms with E-state index in [0.29, 0.717) is 6.54 Å². The Morgan fingerprint density at radius 3 is 2.68 bits per heavy atom. The predicted octanol–water partition coefficient (Wildman–Crippen LogP) is 2.31. The molecule has 0 aliphatic heterocycles. The van der Waals surface area contributed by atoms with Crippen molar-refractivity contribution in [2.75, 3.05) is 17.7 Å². The lowest BCUT2D eigenvalue weighted by Crippen LogP contribution is -2.21. The first-order chi connectivity index (χ1) is 8.86. The van der Waals surface area contributed by atoms with Gasteiger partial charge in [0.1, 0.15) is 11.6 Å². The molecule has 2 heterocycles. The number of nitrogens with zero attached hydrogens (tertiary/aromatic N) is 3. The lowest BCUT2D eigenvalue weighted by Gasteiger charge is -2.18. The molecule has 0 radical (unpaired) electrons. The van der Waals surface area contributed by atoms with E-state index in [9.17, 15) is 13.2 Å². The molecule has 0 aromatic carbocycles. The summed E-state index contributed by atoms with van der Waals surface area (Å²) in [5.41, 5.74) is 6.18. The highest BCUT2D eigenvalue weighted by Gasteiger charge is 2.35. The molecule has 19 heavy (non-hydrogen) atoms. The topological polar surface area (TPSA) is 68.2 Å². The molecule has 0 spiro atoms. The molecule has 8 heteroatoms. The number of anilines is 2. The molecule has 0 saturated carbocycles. The second-order valence-corrected chi connectivity index (χ2v) is 3.96. The number of alkyl halides is 3. The number of aromatic nitrogens is 2. The molecule has 2 aromatic rings. The summed E-state index contributed by atoms with van der Waals surface area (Å²) >= 11 is 0. The highest BCUT2D eigenvalue weighted by atomic mass is 19.4. The van der Waals surface area contributed by atoms with Gasteiger partial charge in [0.2, 0.25) is 5.82 Å². The van der Waals surface area contributed by atoms with Crippen LogP contribution >= 0.6 is 0 Å². The van der Waals surface area contributed by atoms with E-state index in [2.05, 4.69) is 9.97 Å². The zero-order valence-corrected chi connectivity index (χ0v) is 9.98. The molecule has 0 aliphatic carbocycles. The van der Waals surface area contributed by atoms with Crippen molar-refractivity contribution in [2.45, 2.75) is 12.7 Å². The van der Waals surface area contributed by atoms with Gasteiger partial charge in [-0.1, -0.05) is 0 Å². The summed E-state index contributed by atoms with van der Waals surface area (Å²) in [6, 6.07) is 3.00. The van der Waals surface area contributed by atoms with Crippen molar-refractivity contribution in [3.63, 3.8) is 0 Å². The maximum absolute atomic E-state index is 12.6. The van der Waals surface area contributed by atoms with E-state index in [1.165, 1.54) is 23.5 Å². The third-order valence-electron chi connectivity index (χ3n) is 2.38. The lowest BCUT2D eigenvalue weighted by atomic mass is 10.3. The van der Waals surface area contributed by atoms with Crippen molar-refractivity contribution in [3.05, 3.63) is 36.0 Å². The summed E-state index contributed by atoms with van der Waals surface area (Å²) in [6.45, 7) is 0.351. The molecule has 0 bridgehead atoms. The summed E-state index contributed by atoms with van der Waals surface area (Å²) in [7, 11) is 1.61. The average molecular weight is 272 g/mol. The van der Waals surface area contributed by atoms with Crippen LogP contribution in [0.15, 0.2) is 29.1 Å². The van der Waals surface area contributed by atoms with E-state index in [0.717, 1.165) is 5.56 Å². The second-order valence-electron chi connectivity index (χ2n) is 3.96. The van der Waals surface area contributed by atoms with Crippen LogP contribution in [0.5, 0.6) is 0 Å². The Bertz CT molecular complexity index is 554. The number of nitrogen functional groups attached to an aromatic ring is 1. The molecule has 0 unspecified atom stereocenters. The molecule has 0 saturated heterocycles. The number of rotatable bonds is 3. The summed E-state index contributed by atoms with van der Waals surface area (Å²) in [4.78, 5) is 8.17. The Hall–Kier alpha value is -2.25. The molecule has 0 atom stereocenters. The molecule has 2 aromatic heterocycles. The maximum atomic E-state index is 12.6. The Labute approximate surface area is 106 Å². The molecule has 0 fully saturated rings. The van der Waals surface area contributed by atoms with Crippen molar-refractivity contribution in [1.29, 1.82) is 0 Å². The Kier molecular flexibility index (Phi) is 3.32. The Morgan fingerprint density at radius 2 is 2.11 bits per heavy atom. The van der Waals surface area contributed by atoms with Crippen LogP contribution in [0.25, 0.3) is 0 Å². The van der Waals surface area contributed by atoms with Crippen LogP contribution in [0.4, 0.5) is 24.8 Å². The van der Waals surface area contributed by atoms with Crippen molar-refractivity contribution >= 4 is 11.6 Å². The third-order valence-corrected chi connectivity index (χ3v) is 2.38.